The minimum absolute atomic E-state index is 0.184. The molecule has 0 aliphatic heterocycles. The van der Waals surface area contributed by atoms with E-state index in [0.717, 1.165) is 29.5 Å². The summed E-state index contributed by atoms with van der Waals surface area (Å²) in [4.78, 5) is 0.184. The maximum Gasteiger partial charge on any atom is 0.249 e. The third kappa shape index (κ3) is 3.27. The fourth-order valence-corrected chi connectivity index (χ4v) is 5.95. The zero-order chi connectivity index (χ0) is 19.9. The first-order chi connectivity index (χ1) is 13.4. The lowest BCUT2D eigenvalue weighted by atomic mass is 10.1. The van der Waals surface area contributed by atoms with Crippen molar-refractivity contribution in [2.75, 3.05) is 0 Å². The van der Waals surface area contributed by atoms with Gasteiger partial charge in [-0.05, 0) is 50.3 Å². The van der Waals surface area contributed by atoms with E-state index in [1.807, 2.05) is 49.4 Å². The molecule has 4 rings (SSSR count). The minimum Gasteiger partial charge on any atom is -0.360 e. The van der Waals surface area contributed by atoms with Crippen LogP contribution in [-0.4, -0.2) is 17.9 Å². The second-order valence-electron chi connectivity index (χ2n) is 7.44. The Morgan fingerprint density at radius 2 is 1.79 bits per heavy atom. The quantitative estimate of drug-likeness (QED) is 0.638. The maximum atomic E-state index is 13.7. The van der Waals surface area contributed by atoms with Gasteiger partial charge in [-0.2, -0.15) is 4.31 Å². The first-order valence-corrected chi connectivity index (χ1v) is 10.9. The van der Waals surface area contributed by atoms with Crippen LogP contribution in [0.4, 0.5) is 0 Å². The standard InChI is InChI=1S/C22H24N2O3S/c1-15-8-10-18(11-9-15)14-24(21-13-12-19-6-4-5-7-20(19)21)28(25,26)22-16(2)23-27-17(22)3/h4-11,21H,12-14H2,1-3H3/t21-/m1/s1. The van der Waals surface area contributed by atoms with Crippen LogP contribution >= 0.6 is 0 Å². The van der Waals surface area contributed by atoms with E-state index in [4.69, 9.17) is 4.52 Å². The summed E-state index contributed by atoms with van der Waals surface area (Å²) in [6.45, 7) is 5.66. The molecule has 3 aromatic rings. The minimum atomic E-state index is -3.78. The van der Waals surface area contributed by atoms with Crippen LogP contribution in [0.5, 0.6) is 0 Å². The van der Waals surface area contributed by atoms with Crippen molar-refractivity contribution in [3.63, 3.8) is 0 Å². The number of nitrogens with zero attached hydrogens (tertiary/aromatic N) is 2. The average molecular weight is 397 g/mol. The first kappa shape index (κ1) is 18.9. The van der Waals surface area contributed by atoms with E-state index in [1.165, 1.54) is 5.56 Å². The number of hydrogen-bond donors (Lipinski definition) is 0. The Morgan fingerprint density at radius 1 is 1.07 bits per heavy atom. The monoisotopic (exact) mass is 396 g/mol. The van der Waals surface area contributed by atoms with Crippen LogP contribution in [0.25, 0.3) is 0 Å². The van der Waals surface area contributed by atoms with Gasteiger partial charge in [0.15, 0.2) is 5.76 Å². The summed E-state index contributed by atoms with van der Waals surface area (Å²) in [6, 6.07) is 15.9. The van der Waals surface area contributed by atoms with Crippen LogP contribution in [0.2, 0.25) is 0 Å². The number of sulfonamides is 1. The maximum absolute atomic E-state index is 13.7. The van der Waals surface area contributed by atoms with Gasteiger partial charge >= 0.3 is 0 Å². The summed E-state index contributed by atoms with van der Waals surface area (Å²) in [7, 11) is -3.78. The summed E-state index contributed by atoms with van der Waals surface area (Å²) in [5.41, 5.74) is 4.82. The van der Waals surface area contributed by atoms with Crippen molar-refractivity contribution >= 4 is 10.0 Å². The molecule has 0 amide bonds. The summed E-state index contributed by atoms with van der Waals surface area (Å²) < 4.78 is 34.3. The van der Waals surface area contributed by atoms with Gasteiger partial charge in [-0.15, -0.1) is 0 Å². The van der Waals surface area contributed by atoms with E-state index < -0.39 is 10.0 Å². The van der Waals surface area contributed by atoms with Gasteiger partial charge in [-0.25, -0.2) is 8.42 Å². The molecule has 0 saturated heterocycles. The smallest absolute Gasteiger partial charge is 0.249 e. The molecular formula is C22H24N2O3S. The van der Waals surface area contributed by atoms with Crippen LogP contribution < -0.4 is 0 Å². The van der Waals surface area contributed by atoms with E-state index in [0.29, 0.717) is 18.0 Å². The highest BCUT2D eigenvalue weighted by Gasteiger charge is 2.39. The number of benzene rings is 2. The van der Waals surface area contributed by atoms with Crippen LogP contribution in [0.15, 0.2) is 57.9 Å². The lowest BCUT2D eigenvalue weighted by Crippen LogP contribution is -2.34. The molecule has 28 heavy (non-hydrogen) atoms. The van der Waals surface area contributed by atoms with E-state index in [1.54, 1.807) is 18.2 Å². The molecule has 146 valence electrons. The summed E-state index contributed by atoms with van der Waals surface area (Å²) in [5, 5.41) is 3.87. The van der Waals surface area contributed by atoms with Crippen LogP contribution in [0.1, 0.15) is 46.2 Å². The van der Waals surface area contributed by atoms with E-state index in [-0.39, 0.29) is 10.9 Å². The van der Waals surface area contributed by atoms with Gasteiger partial charge in [0.25, 0.3) is 0 Å². The second kappa shape index (κ2) is 7.18. The molecule has 1 heterocycles. The Labute approximate surface area is 166 Å². The van der Waals surface area contributed by atoms with Crippen molar-refractivity contribution in [3.05, 3.63) is 82.2 Å². The number of aryl methyl sites for hydroxylation is 4. The summed E-state index contributed by atoms with van der Waals surface area (Å²) in [6.07, 6.45) is 1.65. The number of fused-ring (bicyclic) bond motifs is 1. The fourth-order valence-electron chi connectivity index (χ4n) is 4.03. The summed E-state index contributed by atoms with van der Waals surface area (Å²) >= 11 is 0. The van der Waals surface area contributed by atoms with Gasteiger partial charge in [0.2, 0.25) is 10.0 Å². The Morgan fingerprint density at radius 3 is 2.46 bits per heavy atom. The van der Waals surface area contributed by atoms with Gasteiger partial charge < -0.3 is 4.52 Å². The third-order valence-corrected chi connectivity index (χ3v) is 7.54. The molecule has 1 aliphatic carbocycles. The van der Waals surface area contributed by atoms with Crippen molar-refractivity contribution < 1.29 is 12.9 Å². The largest absolute Gasteiger partial charge is 0.360 e. The second-order valence-corrected chi connectivity index (χ2v) is 9.27. The van der Waals surface area contributed by atoms with Gasteiger partial charge in [0, 0.05) is 6.54 Å². The van der Waals surface area contributed by atoms with E-state index >= 15 is 0 Å². The zero-order valence-electron chi connectivity index (χ0n) is 16.3. The van der Waals surface area contributed by atoms with Gasteiger partial charge in [0.1, 0.15) is 10.6 Å². The van der Waals surface area contributed by atoms with Crippen LogP contribution in [-0.2, 0) is 23.0 Å². The molecule has 0 spiro atoms. The van der Waals surface area contributed by atoms with Gasteiger partial charge in [-0.1, -0.05) is 59.3 Å². The van der Waals surface area contributed by atoms with Crippen molar-refractivity contribution in [2.24, 2.45) is 0 Å². The molecule has 0 saturated carbocycles. The number of hydrogen-bond acceptors (Lipinski definition) is 4. The lowest BCUT2D eigenvalue weighted by molar-refractivity contribution is 0.315. The Kier molecular flexibility index (Phi) is 4.85. The normalized spacial score (nSPS) is 16.5. The molecule has 5 nitrogen and oxygen atoms in total. The molecule has 2 aromatic carbocycles. The topological polar surface area (TPSA) is 63.4 Å². The molecule has 1 atom stereocenters. The molecule has 0 bridgehead atoms. The van der Waals surface area contributed by atoms with Gasteiger partial charge in [-0.3, -0.25) is 0 Å². The van der Waals surface area contributed by atoms with Crippen molar-refractivity contribution in [1.82, 2.24) is 9.46 Å². The van der Waals surface area contributed by atoms with Crippen molar-refractivity contribution in [2.45, 2.75) is 51.1 Å². The van der Waals surface area contributed by atoms with E-state index in [9.17, 15) is 8.42 Å². The highest BCUT2D eigenvalue weighted by molar-refractivity contribution is 7.89. The Bertz CT molecular complexity index is 1080. The molecule has 0 unspecified atom stereocenters. The molecular weight excluding hydrogens is 372 g/mol. The van der Waals surface area contributed by atoms with Crippen LogP contribution in [0.3, 0.4) is 0 Å². The Hall–Kier alpha value is -2.44. The average Bonchev–Trinajstić information content (AvgIpc) is 3.24. The van der Waals surface area contributed by atoms with Crippen molar-refractivity contribution in [3.8, 4) is 0 Å². The predicted molar refractivity (Wildman–Crippen MR) is 107 cm³/mol. The molecule has 1 aromatic heterocycles. The third-order valence-electron chi connectivity index (χ3n) is 5.44. The Balaban J connectivity index is 1.81. The molecule has 0 fully saturated rings. The highest BCUT2D eigenvalue weighted by Crippen LogP contribution is 2.40. The lowest BCUT2D eigenvalue weighted by Gasteiger charge is -2.29. The molecule has 0 N–H and O–H groups in total. The fraction of sp³-hybridized carbons (Fsp3) is 0.318. The highest BCUT2D eigenvalue weighted by atomic mass is 32.2. The van der Waals surface area contributed by atoms with Crippen LogP contribution in [0, 0.1) is 20.8 Å². The SMILES string of the molecule is Cc1ccc(CN([C@@H]2CCc3ccccc32)S(=O)(=O)c2c(C)noc2C)cc1. The first-order valence-electron chi connectivity index (χ1n) is 9.46. The number of aromatic nitrogens is 1. The molecule has 6 heteroatoms. The zero-order valence-corrected chi connectivity index (χ0v) is 17.2. The van der Waals surface area contributed by atoms with Crippen molar-refractivity contribution in [1.29, 1.82) is 0 Å². The predicted octanol–water partition coefficient (Wildman–Crippen LogP) is 4.48. The molecule has 1 aliphatic rings. The number of rotatable bonds is 5. The summed E-state index contributed by atoms with van der Waals surface area (Å²) in [5.74, 6) is 0.331. The van der Waals surface area contributed by atoms with Gasteiger partial charge in [0.05, 0.1) is 6.04 Å². The van der Waals surface area contributed by atoms with E-state index in [2.05, 4.69) is 11.2 Å². The molecule has 0 radical (unpaired) electrons.